The summed E-state index contributed by atoms with van der Waals surface area (Å²) in [6.07, 6.45) is -4.78. The first-order valence-electron chi connectivity index (χ1n) is 13.3. The first kappa shape index (κ1) is 30.7. The van der Waals surface area contributed by atoms with Gasteiger partial charge in [0.15, 0.2) is 5.82 Å². The summed E-state index contributed by atoms with van der Waals surface area (Å²) in [7, 11) is -4.54. The van der Waals surface area contributed by atoms with Crippen molar-refractivity contribution >= 4 is 32.7 Å². The number of anilines is 1. The molecule has 1 aromatic heterocycles. The van der Waals surface area contributed by atoms with E-state index in [1.165, 1.54) is 30.3 Å². The number of aromatic nitrogens is 2. The summed E-state index contributed by atoms with van der Waals surface area (Å²) in [5.74, 6) is -2.24. The van der Waals surface area contributed by atoms with E-state index in [9.17, 15) is 30.8 Å². The number of nitrogens with zero attached hydrogens (tertiary/aromatic N) is 2. The highest BCUT2D eigenvalue weighted by atomic mass is 32.2. The van der Waals surface area contributed by atoms with Crippen molar-refractivity contribution in [3.05, 3.63) is 119 Å². The minimum Gasteiger partial charge on any atom is -0.489 e. The Morgan fingerprint density at radius 1 is 1.00 bits per heavy atom. The van der Waals surface area contributed by atoms with Crippen molar-refractivity contribution in [2.75, 3.05) is 4.31 Å². The van der Waals surface area contributed by atoms with Crippen LogP contribution in [-0.2, 0) is 34.0 Å². The van der Waals surface area contributed by atoms with Crippen molar-refractivity contribution < 1.29 is 35.5 Å². The van der Waals surface area contributed by atoms with Crippen LogP contribution in [0.2, 0.25) is 0 Å². The summed E-state index contributed by atoms with van der Waals surface area (Å²) in [6, 6.07) is 19.9. The summed E-state index contributed by atoms with van der Waals surface area (Å²) in [5, 5.41) is 6.95. The Morgan fingerprint density at radius 3 is 2.39 bits per heavy atom. The molecule has 4 aromatic carbocycles. The normalized spacial score (nSPS) is 12.7. The molecular weight excluding hydrogens is 600 g/mol. The fraction of sp³-hybridized carbons (Fsp3) is 0.161. The van der Waals surface area contributed by atoms with Crippen LogP contribution in [0.5, 0.6) is 5.75 Å². The molecule has 44 heavy (non-hydrogen) atoms. The fourth-order valence-corrected chi connectivity index (χ4v) is 6.01. The summed E-state index contributed by atoms with van der Waals surface area (Å²) in [4.78, 5) is 13.7. The molecule has 0 aliphatic rings. The Labute approximate surface area is 250 Å². The van der Waals surface area contributed by atoms with Crippen molar-refractivity contribution in [2.45, 2.75) is 37.1 Å². The number of ether oxygens (including phenoxy) is 1. The van der Waals surface area contributed by atoms with Gasteiger partial charge in [0.25, 0.3) is 15.9 Å². The number of nitrogens with two attached hydrogens (primary N) is 1. The number of rotatable bonds is 9. The molecule has 13 heteroatoms. The van der Waals surface area contributed by atoms with Gasteiger partial charge in [-0.1, -0.05) is 54.1 Å². The maximum atomic E-state index is 14.0. The standard InChI is InChI=1S/C31H26F4N4O4S/c1-19-7-12-24(13-8-19)44(41,42)39(30(40)27(36)15-20-5-3-2-4-6-20)29-25-17-23(11-14-28(25)37-38-29)43-18-21-9-10-22(32)16-26(21)31(33,34)35/h2-14,16-17,27H,15,18,36H2,1H3,(H,37,38)/t27-/m0/s1. The zero-order valence-corrected chi connectivity index (χ0v) is 24.0. The number of hydrogen-bond acceptors (Lipinski definition) is 6. The number of hydrogen-bond donors (Lipinski definition) is 2. The lowest BCUT2D eigenvalue weighted by Gasteiger charge is -2.24. The van der Waals surface area contributed by atoms with E-state index >= 15 is 0 Å². The van der Waals surface area contributed by atoms with E-state index in [4.69, 9.17) is 10.5 Å². The van der Waals surface area contributed by atoms with E-state index in [-0.39, 0.29) is 33.8 Å². The number of fused-ring (bicyclic) bond motifs is 1. The molecule has 5 rings (SSSR count). The van der Waals surface area contributed by atoms with Crippen LogP contribution in [-0.4, -0.2) is 30.6 Å². The second kappa shape index (κ2) is 12.1. The minimum absolute atomic E-state index is 0.0372. The van der Waals surface area contributed by atoms with Crippen LogP contribution >= 0.6 is 0 Å². The van der Waals surface area contributed by atoms with Gasteiger partial charge in [0.05, 0.1) is 22.0 Å². The highest BCUT2D eigenvalue weighted by Crippen LogP contribution is 2.35. The van der Waals surface area contributed by atoms with Gasteiger partial charge in [-0.25, -0.2) is 12.8 Å². The van der Waals surface area contributed by atoms with Gasteiger partial charge in [0, 0.05) is 10.9 Å². The van der Waals surface area contributed by atoms with Crippen molar-refractivity contribution in [2.24, 2.45) is 5.73 Å². The molecule has 1 heterocycles. The quantitative estimate of drug-likeness (QED) is 0.197. The first-order chi connectivity index (χ1) is 20.8. The van der Waals surface area contributed by atoms with Crippen molar-refractivity contribution in [3.8, 4) is 5.75 Å². The summed E-state index contributed by atoms with van der Waals surface area (Å²) >= 11 is 0. The monoisotopic (exact) mass is 626 g/mol. The van der Waals surface area contributed by atoms with Crippen molar-refractivity contribution in [1.29, 1.82) is 0 Å². The number of aromatic amines is 1. The van der Waals surface area contributed by atoms with Crippen LogP contribution in [0.3, 0.4) is 0 Å². The van der Waals surface area contributed by atoms with Gasteiger partial charge in [-0.2, -0.15) is 22.6 Å². The topological polar surface area (TPSA) is 118 Å². The number of alkyl halides is 3. The van der Waals surface area contributed by atoms with E-state index in [1.807, 2.05) is 0 Å². The smallest absolute Gasteiger partial charge is 0.416 e. The minimum atomic E-state index is -4.81. The molecule has 1 atom stereocenters. The molecule has 3 N–H and O–H groups in total. The zero-order chi connectivity index (χ0) is 31.6. The zero-order valence-electron chi connectivity index (χ0n) is 23.2. The molecule has 228 valence electrons. The average molecular weight is 627 g/mol. The van der Waals surface area contributed by atoms with Crippen LogP contribution < -0.4 is 14.8 Å². The first-order valence-corrected chi connectivity index (χ1v) is 14.7. The molecule has 0 bridgehead atoms. The molecule has 0 spiro atoms. The number of H-pyrrole nitrogens is 1. The third-order valence-corrected chi connectivity index (χ3v) is 8.55. The number of carbonyl (C=O) groups excluding carboxylic acids is 1. The van der Waals surface area contributed by atoms with Gasteiger partial charge in [0.1, 0.15) is 18.2 Å². The Morgan fingerprint density at radius 2 is 1.70 bits per heavy atom. The molecule has 0 fully saturated rings. The molecular formula is C31H26F4N4O4S. The molecule has 0 unspecified atom stereocenters. The second-order valence-corrected chi connectivity index (χ2v) is 11.8. The second-order valence-electron chi connectivity index (χ2n) is 10.1. The Balaban J connectivity index is 1.54. The Bertz CT molecular complexity index is 1910. The van der Waals surface area contributed by atoms with Crippen LogP contribution in [0.1, 0.15) is 22.3 Å². The third-order valence-electron chi connectivity index (χ3n) is 6.85. The highest BCUT2D eigenvalue weighted by molar-refractivity contribution is 7.93. The highest BCUT2D eigenvalue weighted by Gasteiger charge is 2.37. The lowest BCUT2D eigenvalue weighted by atomic mass is 10.1. The summed E-state index contributed by atoms with van der Waals surface area (Å²) < 4.78 is 88.0. The van der Waals surface area contributed by atoms with E-state index in [0.29, 0.717) is 21.5 Å². The number of halogens is 4. The predicted molar refractivity (Wildman–Crippen MR) is 156 cm³/mol. The molecule has 0 saturated heterocycles. The van der Waals surface area contributed by atoms with Gasteiger partial charge in [0.2, 0.25) is 0 Å². The van der Waals surface area contributed by atoms with Crippen LogP contribution in [0, 0.1) is 12.7 Å². The number of nitrogens with one attached hydrogen (secondary N) is 1. The van der Waals surface area contributed by atoms with Crippen LogP contribution in [0.4, 0.5) is 23.4 Å². The molecule has 0 saturated carbocycles. The fourth-order valence-electron chi connectivity index (χ4n) is 4.58. The molecule has 8 nitrogen and oxygen atoms in total. The molecule has 0 aliphatic heterocycles. The van der Waals surface area contributed by atoms with Crippen molar-refractivity contribution in [1.82, 2.24) is 10.2 Å². The van der Waals surface area contributed by atoms with Crippen LogP contribution in [0.25, 0.3) is 10.9 Å². The van der Waals surface area contributed by atoms with Crippen LogP contribution in [0.15, 0.2) is 95.9 Å². The lowest BCUT2D eigenvalue weighted by Crippen LogP contribution is -2.48. The predicted octanol–water partition coefficient (Wildman–Crippen LogP) is 5.90. The van der Waals surface area contributed by atoms with Gasteiger partial charge < -0.3 is 10.5 Å². The Kier molecular flexibility index (Phi) is 8.44. The SMILES string of the molecule is Cc1ccc(S(=O)(=O)N(C(=O)[C@@H](N)Cc2ccccc2)c2n[nH]c3ccc(OCc4ccc(F)cc4C(F)(F)F)cc23)cc1. The summed E-state index contributed by atoms with van der Waals surface area (Å²) in [5.41, 5.74) is 6.60. The molecule has 1 amide bonds. The van der Waals surface area contributed by atoms with E-state index in [2.05, 4.69) is 10.2 Å². The number of carbonyl (C=O) groups is 1. The molecule has 0 aliphatic carbocycles. The summed E-state index contributed by atoms with van der Waals surface area (Å²) in [6.45, 7) is 1.21. The number of amides is 1. The largest absolute Gasteiger partial charge is 0.489 e. The van der Waals surface area contributed by atoms with E-state index < -0.39 is 46.1 Å². The number of aryl methyl sites for hydroxylation is 1. The molecule has 0 radical (unpaired) electrons. The Hall–Kier alpha value is -4.75. The third kappa shape index (κ3) is 6.43. The van der Waals surface area contributed by atoms with Gasteiger partial charge >= 0.3 is 6.18 Å². The lowest BCUT2D eigenvalue weighted by molar-refractivity contribution is -0.138. The maximum Gasteiger partial charge on any atom is 0.416 e. The van der Waals surface area contributed by atoms with E-state index in [1.54, 1.807) is 49.4 Å². The van der Waals surface area contributed by atoms with Crippen molar-refractivity contribution in [3.63, 3.8) is 0 Å². The number of benzene rings is 4. The van der Waals surface area contributed by atoms with E-state index in [0.717, 1.165) is 17.7 Å². The molecule has 5 aromatic rings. The van der Waals surface area contributed by atoms with Gasteiger partial charge in [-0.3, -0.25) is 9.89 Å². The van der Waals surface area contributed by atoms with Gasteiger partial charge in [-0.05, 0) is 61.4 Å². The van der Waals surface area contributed by atoms with Gasteiger partial charge in [-0.15, -0.1) is 0 Å². The average Bonchev–Trinajstić information content (AvgIpc) is 3.39. The number of sulfonamides is 1. The maximum absolute atomic E-state index is 14.0.